The number of hydrogen-bond donors (Lipinski definition) is 2. The monoisotopic (exact) mass is 404 g/mol. The molecule has 0 heterocycles. The molecule has 0 bridgehead atoms. The molecule has 0 saturated heterocycles. The van der Waals surface area contributed by atoms with E-state index in [0.717, 1.165) is 34.0 Å². The Balaban J connectivity index is 1.42. The Hall–Kier alpha value is -3.47. The lowest BCUT2D eigenvalue weighted by Crippen LogP contribution is -2.22. The second kappa shape index (κ2) is 10.3. The summed E-state index contributed by atoms with van der Waals surface area (Å²) >= 11 is 0. The van der Waals surface area contributed by atoms with E-state index in [4.69, 9.17) is 9.47 Å². The van der Waals surface area contributed by atoms with Crippen molar-refractivity contribution in [2.24, 2.45) is 0 Å². The maximum absolute atomic E-state index is 12.3. The van der Waals surface area contributed by atoms with Gasteiger partial charge in [0.2, 0.25) is 5.91 Å². The zero-order chi connectivity index (χ0) is 21.3. The number of carbonyl (C=O) groups is 1. The fraction of sp³-hybridized carbons (Fsp3) is 0.240. The molecule has 0 aliphatic rings. The highest BCUT2D eigenvalue weighted by Gasteiger charge is 2.07. The van der Waals surface area contributed by atoms with E-state index < -0.39 is 0 Å². The lowest BCUT2D eigenvalue weighted by atomic mass is 10.1. The van der Waals surface area contributed by atoms with Crippen LogP contribution in [0.1, 0.15) is 16.7 Å². The first-order valence-electron chi connectivity index (χ1n) is 10.0. The number of hydrogen-bond acceptors (Lipinski definition) is 4. The lowest BCUT2D eigenvalue weighted by molar-refractivity contribution is -0.114. The van der Waals surface area contributed by atoms with Crippen LogP contribution in [0.5, 0.6) is 11.5 Å². The standard InChI is InChI=1S/C25H28N2O3/c1-18-15-19(2)25(20(3)16-18)26-17-24(28)27-21-9-11-23(12-10-21)30-14-13-29-22-7-5-4-6-8-22/h4-12,15-16,26H,13-14,17H2,1-3H3,(H,27,28). The third-order valence-electron chi connectivity index (χ3n) is 4.60. The molecule has 0 saturated carbocycles. The van der Waals surface area contributed by atoms with E-state index in [2.05, 4.69) is 29.7 Å². The number of para-hydroxylation sites is 1. The number of aryl methyl sites for hydroxylation is 3. The summed E-state index contributed by atoms with van der Waals surface area (Å²) in [6.07, 6.45) is 0. The zero-order valence-corrected chi connectivity index (χ0v) is 17.7. The molecular formula is C25H28N2O3. The molecule has 30 heavy (non-hydrogen) atoms. The Labute approximate surface area is 178 Å². The van der Waals surface area contributed by atoms with Crippen LogP contribution >= 0.6 is 0 Å². The first kappa shape index (κ1) is 21.2. The van der Waals surface area contributed by atoms with Crippen molar-refractivity contribution in [1.82, 2.24) is 0 Å². The molecule has 5 nitrogen and oxygen atoms in total. The van der Waals surface area contributed by atoms with E-state index in [1.54, 1.807) is 0 Å². The fourth-order valence-electron chi connectivity index (χ4n) is 3.30. The third kappa shape index (κ3) is 6.27. The van der Waals surface area contributed by atoms with Gasteiger partial charge >= 0.3 is 0 Å². The van der Waals surface area contributed by atoms with Crippen LogP contribution < -0.4 is 20.1 Å². The molecule has 3 rings (SSSR count). The highest BCUT2D eigenvalue weighted by atomic mass is 16.5. The summed E-state index contributed by atoms with van der Waals surface area (Å²) in [4.78, 5) is 12.3. The number of carbonyl (C=O) groups excluding carboxylic acids is 1. The maximum atomic E-state index is 12.3. The molecule has 3 aromatic carbocycles. The van der Waals surface area contributed by atoms with Crippen LogP contribution in [0.25, 0.3) is 0 Å². The third-order valence-corrected chi connectivity index (χ3v) is 4.60. The quantitative estimate of drug-likeness (QED) is 0.486. The molecule has 0 atom stereocenters. The molecule has 5 heteroatoms. The largest absolute Gasteiger partial charge is 0.490 e. The van der Waals surface area contributed by atoms with Crippen molar-refractivity contribution >= 4 is 17.3 Å². The van der Waals surface area contributed by atoms with Crippen molar-refractivity contribution in [3.63, 3.8) is 0 Å². The maximum Gasteiger partial charge on any atom is 0.243 e. The number of benzene rings is 3. The summed E-state index contributed by atoms with van der Waals surface area (Å²) < 4.78 is 11.3. The summed E-state index contributed by atoms with van der Waals surface area (Å²) in [5, 5.41) is 6.13. The van der Waals surface area contributed by atoms with Gasteiger partial charge in [-0.2, -0.15) is 0 Å². The van der Waals surface area contributed by atoms with Gasteiger partial charge in [0.05, 0.1) is 6.54 Å². The van der Waals surface area contributed by atoms with Gasteiger partial charge in [0.1, 0.15) is 24.7 Å². The molecular weight excluding hydrogens is 376 g/mol. The first-order valence-corrected chi connectivity index (χ1v) is 10.0. The van der Waals surface area contributed by atoms with Gasteiger partial charge in [-0.1, -0.05) is 35.9 Å². The van der Waals surface area contributed by atoms with Crippen LogP contribution in [0.3, 0.4) is 0 Å². The molecule has 1 amide bonds. The molecule has 0 radical (unpaired) electrons. The minimum Gasteiger partial charge on any atom is -0.490 e. The Bertz CT molecular complexity index is 946. The predicted molar refractivity (Wildman–Crippen MR) is 122 cm³/mol. The van der Waals surface area contributed by atoms with Crippen molar-refractivity contribution in [3.05, 3.63) is 83.4 Å². The van der Waals surface area contributed by atoms with Gasteiger partial charge in [0.15, 0.2) is 0 Å². The minimum absolute atomic E-state index is 0.0979. The van der Waals surface area contributed by atoms with Crippen molar-refractivity contribution in [3.8, 4) is 11.5 Å². The molecule has 0 aromatic heterocycles. The van der Waals surface area contributed by atoms with Crippen molar-refractivity contribution in [2.75, 3.05) is 30.4 Å². The van der Waals surface area contributed by atoms with Crippen LogP contribution in [0.2, 0.25) is 0 Å². The summed E-state index contributed by atoms with van der Waals surface area (Å²) in [6.45, 7) is 7.28. The highest BCUT2D eigenvalue weighted by Crippen LogP contribution is 2.22. The Morgan fingerprint density at radius 2 is 1.37 bits per heavy atom. The SMILES string of the molecule is Cc1cc(C)c(NCC(=O)Nc2ccc(OCCOc3ccccc3)cc2)c(C)c1. The Morgan fingerprint density at radius 3 is 1.97 bits per heavy atom. The summed E-state index contributed by atoms with van der Waals surface area (Å²) in [7, 11) is 0. The van der Waals surface area contributed by atoms with Crippen LogP contribution in [0, 0.1) is 20.8 Å². The summed E-state index contributed by atoms with van der Waals surface area (Å²) in [5.41, 5.74) is 5.23. The van der Waals surface area contributed by atoms with E-state index in [1.807, 2.05) is 68.4 Å². The summed E-state index contributed by atoms with van der Waals surface area (Å²) in [6, 6.07) is 21.2. The fourth-order valence-corrected chi connectivity index (χ4v) is 3.30. The number of anilines is 2. The topological polar surface area (TPSA) is 59.6 Å². The predicted octanol–water partition coefficient (Wildman–Crippen LogP) is 5.12. The van der Waals surface area contributed by atoms with Gasteiger partial charge in [0.25, 0.3) is 0 Å². The van der Waals surface area contributed by atoms with E-state index in [-0.39, 0.29) is 12.5 Å². The van der Waals surface area contributed by atoms with Crippen LogP contribution in [-0.2, 0) is 4.79 Å². The van der Waals surface area contributed by atoms with E-state index in [0.29, 0.717) is 13.2 Å². The highest BCUT2D eigenvalue weighted by molar-refractivity contribution is 5.94. The average molecular weight is 405 g/mol. The van der Waals surface area contributed by atoms with Gasteiger partial charge in [-0.05, 0) is 68.3 Å². The van der Waals surface area contributed by atoms with Gasteiger partial charge < -0.3 is 20.1 Å². The molecule has 0 fully saturated rings. The molecule has 156 valence electrons. The molecule has 0 aliphatic heterocycles. The number of ether oxygens (including phenoxy) is 2. The van der Waals surface area contributed by atoms with Gasteiger partial charge in [-0.3, -0.25) is 4.79 Å². The van der Waals surface area contributed by atoms with Crippen LogP contribution in [0.15, 0.2) is 66.7 Å². The van der Waals surface area contributed by atoms with Gasteiger partial charge in [-0.25, -0.2) is 0 Å². The lowest BCUT2D eigenvalue weighted by Gasteiger charge is -2.14. The van der Waals surface area contributed by atoms with E-state index in [9.17, 15) is 4.79 Å². The van der Waals surface area contributed by atoms with Crippen LogP contribution in [-0.4, -0.2) is 25.7 Å². The van der Waals surface area contributed by atoms with Crippen molar-refractivity contribution in [1.29, 1.82) is 0 Å². The number of nitrogens with one attached hydrogen (secondary N) is 2. The first-order chi connectivity index (χ1) is 14.5. The average Bonchev–Trinajstić information content (AvgIpc) is 2.72. The smallest absolute Gasteiger partial charge is 0.243 e. The van der Waals surface area contributed by atoms with Gasteiger partial charge in [0, 0.05) is 11.4 Å². The van der Waals surface area contributed by atoms with E-state index in [1.165, 1.54) is 5.56 Å². The Kier molecular flexibility index (Phi) is 7.33. The Morgan fingerprint density at radius 1 is 0.800 bits per heavy atom. The van der Waals surface area contributed by atoms with Crippen LogP contribution in [0.4, 0.5) is 11.4 Å². The van der Waals surface area contributed by atoms with Crippen molar-refractivity contribution < 1.29 is 14.3 Å². The van der Waals surface area contributed by atoms with E-state index >= 15 is 0 Å². The number of amides is 1. The molecule has 0 unspecified atom stereocenters. The molecule has 2 N–H and O–H groups in total. The second-order valence-electron chi connectivity index (χ2n) is 7.21. The normalized spacial score (nSPS) is 10.4. The molecule has 0 aliphatic carbocycles. The van der Waals surface area contributed by atoms with Crippen molar-refractivity contribution in [2.45, 2.75) is 20.8 Å². The minimum atomic E-state index is -0.0979. The molecule has 3 aromatic rings. The second-order valence-corrected chi connectivity index (χ2v) is 7.21. The molecule has 0 spiro atoms. The van der Waals surface area contributed by atoms with Gasteiger partial charge in [-0.15, -0.1) is 0 Å². The number of rotatable bonds is 9. The summed E-state index contributed by atoms with van der Waals surface area (Å²) in [5.74, 6) is 1.46. The zero-order valence-electron chi connectivity index (χ0n) is 17.7.